The summed E-state index contributed by atoms with van der Waals surface area (Å²) in [6, 6.07) is 16.2. The van der Waals surface area contributed by atoms with E-state index in [0.29, 0.717) is 5.56 Å². The van der Waals surface area contributed by atoms with Gasteiger partial charge in [-0.05, 0) is 37.3 Å². The molecule has 0 spiro atoms. The van der Waals surface area contributed by atoms with Crippen LogP contribution < -0.4 is 0 Å². The molecule has 0 atom stereocenters. The highest BCUT2D eigenvalue weighted by Gasteiger charge is 2.01. The first-order chi connectivity index (χ1) is 8.17. The van der Waals surface area contributed by atoms with Crippen LogP contribution >= 0.6 is 27.7 Å². The second-order valence-corrected chi connectivity index (χ2v) is 5.77. The van der Waals surface area contributed by atoms with E-state index in [4.69, 9.17) is 5.26 Å². The summed E-state index contributed by atoms with van der Waals surface area (Å²) >= 11 is 5.08. The number of hydrogen-bond donors (Lipinski definition) is 0. The van der Waals surface area contributed by atoms with E-state index in [-0.39, 0.29) is 0 Å². The highest BCUT2D eigenvalue weighted by Crippen LogP contribution is 2.30. The van der Waals surface area contributed by atoms with Crippen molar-refractivity contribution in [3.8, 4) is 6.07 Å². The number of aryl methyl sites for hydroxylation is 1. The molecule has 2 aromatic rings. The molecule has 17 heavy (non-hydrogen) atoms. The van der Waals surface area contributed by atoms with Crippen LogP contribution in [0.25, 0.3) is 0 Å². The Labute approximate surface area is 114 Å². The molecule has 0 aliphatic carbocycles. The van der Waals surface area contributed by atoms with Crippen molar-refractivity contribution in [3.05, 3.63) is 58.1 Å². The van der Waals surface area contributed by atoms with Crippen molar-refractivity contribution in [2.45, 2.75) is 16.7 Å². The first kappa shape index (κ1) is 12.2. The minimum absolute atomic E-state index is 0.675. The summed E-state index contributed by atoms with van der Waals surface area (Å²) in [4.78, 5) is 2.26. The van der Waals surface area contributed by atoms with Crippen LogP contribution in [0.2, 0.25) is 0 Å². The molecule has 0 amide bonds. The van der Waals surface area contributed by atoms with Crippen LogP contribution in [0.3, 0.4) is 0 Å². The molecule has 1 nitrogen and oxygen atoms in total. The van der Waals surface area contributed by atoms with Crippen molar-refractivity contribution in [3.63, 3.8) is 0 Å². The third-order valence-corrected chi connectivity index (χ3v) is 3.64. The summed E-state index contributed by atoms with van der Waals surface area (Å²) in [6.45, 7) is 2.08. The molecule has 0 saturated heterocycles. The summed E-state index contributed by atoms with van der Waals surface area (Å²) in [5.74, 6) is 0. The van der Waals surface area contributed by atoms with Crippen LogP contribution in [-0.4, -0.2) is 0 Å². The van der Waals surface area contributed by atoms with Gasteiger partial charge in [-0.3, -0.25) is 0 Å². The highest BCUT2D eigenvalue weighted by atomic mass is 79.9. The molecule has 3 heteroatoms. The topological polar surface area (TPSA) is 23.8 Å². The van der Waals surface area contributed by atoms with Crippen LogP contribution in [0, 0.1) is 18.3 Å². The largest absolute Gasteiger partial charge is 0.192 e. The van der Waals surface area contributed by atoms with Crippen LogP contribution in [0.1, 0.15) is 11.1 Å². The second-order valence-electron chi connectivity index (χ2n) is 3.71. The summed E-state index contributed by atoms with van der Waals surface area (Å²) in [5.41, 5.74) is 1.92. The summed E-state index contributed by atoms with van der Waals surface area (Å²) in [5, 5.41) is 8.92. The Morgan fingerprint density at radius 3 is 2.65 bits per heavy atom. The van der Waals surface area contributed by atoms with Crippen molar-refractivity contribution in [2.24, 2.45) is 0 Å². The van der Waals surface area contributed by atoms with Crippen LogP contribution in [0.5, 0.6) is 0 Å². The van der Waals surface area contributed by atoms with E-state index in [9.17, 15) is 0 Å². The van der Waals surface area contributed by atoms with Gasteiger partial charge in [-0.25, -0.2) is 0 Å². The lowest BCUT2D eigenvalue weighted by Crippen LogP contribution is -1.79. The standard InChI is InChI=1S/C14H10BrNS/c1-10-3-2-4-13(5-10)17-14-7-11(9-16)6-12(15)8-14/h2-8H,1H3. The molecule has 0 unspecified atom stereocenters. The number of hydrogen-bond acceptors (Lipinski definition) is 2. The van der Waals surface area contributed by atoms with Gasteiger partial charge in [0.05, 0.1) is 11.6 Å². The van der Waals surface area contributed by atoms with E-state index >= 15 is 0 Å². The number of nitrogens with zero attached hydrogens (tertiary/aromatic N) is 1. The maximum Gasteiger partial charge on any atom is 0.0992 e. The van der Waals surface area contributed by atoms with Crippen molar-refractivity contribution < 1.29 is 0 Å². The van der Waals surface area contributed by atoms with Crippen LogP contribution in [0.4, 0.5) is 0 Å². The van der Waals surface area contributed by atoms with E-state index in [1.165, 1.54) is 10.5 Å². The smallest absolute Gasteiger partial charge is 0.0992 e. The molecular formula is C14H10BrNS. The van der Waals surface area contributed by atoms with Gasteiger partial charge in [0.15, 0.2) is 0 Å². The zero-order valence-electron chi connectivity index (χ0n) is 9.27. The Balaban J connectivity index is 2.30. The molecule has 0 heterocycles. The maximum absolute atomic E-state index is 8.92. The summed E-state index contributed by atoms with van der Waals surface area (Å²) < 4.78 is 0.937. The summed E-state index contributed by atoms with van der Waals surface area (Å²) in [6.07, 6.45) is 0. The molecule has 2 aromatic carbocycles. The number of nitriles is 1. The van der Waals surface area contributed by atoms with Crippen molar-refractivity contribution in [1.29, 1.82) is 5.26 Å². The lowest BCUT2D eigenvalue weighted by Gasteiger charge is -2.04. The third kappa shape index (κ3) is 3.36. The number of benzene rings is 2. The number of halogens is 1. The molecular weight excluding hydrogens is 294 g/mol. The fraction of sp³-hybridized carbons (Fsp3) is 0.0714. The van der Waals surface area contributed by atoms with Crippen molar-refractivity contribution in [2.75, 3.05) is 0 Å². The van der Waals surface area contributed by atoms with Gasteiger partial charge in [-0.1, -0.05) is 45.4 Å². The molecule has 2 rings (SSSR count). The average Bonchev–Trinajstić information content (AvgIpc) is 2.28. The van der Waals surface area contributed by atoms with Gasteiger partial charge in [-0.15, -0.1) is 0 Å². The molecule has 0 fully saturated rings. The van der Waals surface area contributed by atoms with E-state index in [0.717, 1.165) is 9.37 Å². The Hall–Kier alpha value is -1.24. The fourth-order valence-electron chi connectivity index (χ4n) is 1.50. The maximum atomic E-state index is 8.92. The Morgan fingerprint density at radius 2 is 1.94 bits per heavy atom. The lowest BCUT2D eigenvalue weighted by molar-refractivity contribution is 1.33. The Morgan fingerprint density at radius 1 is 1.12 bits per heavy atom. The minimum atomic E-state index is 0.675. The first-order valence-electron chi connectivity index (χ1n) is 5.12. The average molecular weight is 304 g/mol. The Bertz CT molecular complexity index is 587. The van der Waals surface area contributed by atoms with Gasteiger partial charge < -0.3 is 0 Å². The monoisotopic (exact) mass is 303 g/mol. The van der Waals surface area contributed by atoms with Gasteiger partial charge in [0.25, 0.3) is 0 Å². The molecule has 0 aliphatic rings. The number of rotatable bonds is 2. The molecule has 0 aliphatic heterocycles. The van der Waals surface area contributed by atoms with E-state index in [1.54, 1.807) is 11.8 Å². The molecule has 0 radical (unpaired) electrons. The quantitative estimate of drug-likeness (QED) is 0.797. The lowest BCUT2D eigenvalue weighted by atomic mass is 10.2. The SMILES string of the molecule is Cc1cccc(Sc2cc(Br)cc(C#N)c2)c1. The second kappa shape index (κ2) is 5.39. The summed E-state index contributed by atoms with van der Waals surface area (Å²) in [7, 11) is 0. The minimum Gasteiger partial charge on any atom is -0.192 e. The van der Waals surface area contributed by atoms with Gasteiger partial charge in [0, 0.05) is 14.3 Å². The molecule has 84 valence electrons. The zero-order valence-corrected chi connectivity index (χ0v) is 11.7. The predicted octanol–water partition coefficient (Wildman–Crippen LogP) is 4.78. The van der Waals surface area contributed by atoms with Gasteiger partial charge in [0.1, 0.15) is 0 Å². The van der Waals surface area contributed by atoms with E-state index < -0.39 is 0 Å². The predicted molar refractivity (Wildman–Crippen MR) is 74.2 cm³/mol. The molecule has 0 bridgehead atoms. The molecule has 0 saturated carbocycles. The highest BCUT2D eigenvalue weighted by molar-refractivity contribution is 9.10. The molecule has 0 aromatic heterocycles. The van der Waals surface area contributed by atoms with Gasteiger partial charge in [0.2, 0.25) is 0 Å². The van der Waals surface area contributed by atoms with E-state index in [2.05, 4.69) is 47.1 Å². The van der Waals surface area contributed by atoms with Crippen LogP contribution in [-0.2, 0) is 0 Å². The van der Waals surface area contributed by atoms with Gasteiger partial charge in [-0.2, -0.15) is 5.26 Å². The van der Waals surface area contributed by atoms with Crippen LogP contribution in [0.15, 0.2) is 56.7 Å². The van der Waals surface area contributed by atoms with Crippen molar-refractivity contribution in [1.82, 2.24) is 0 Å². The van der Waals surface area contributed by atoms with Crippen molar-refractivity contribution >= 4 is 27.7 Å². The van der Waals surface area contributed by atoms with Gasteiger partial charge >= 0.3 is 0 Å². The first-order valence-corrected chi connectivity index (χ1v) is 6.73. The van der Waals surface area contributed by atoms with E-state index in [1.807, 2.05) is 24.3 Å². The zero-order chi connectivity index (χ0) is 12.3. The Kier molecular flexibility index (Phi) is 3.88. The fourth-order valence-corrected chi connectivity index (χ4v) is 3.18. The normalized spacial score (nSPS) is 9.94. The molecule has 0 N–H and O–H groups in total. The third-order valence-electron chi connectivity index (χ3n) is 2.23.